The summed E-state index contributed by atoms with van der Waals surface area (Å²) >= 11 is 4.29. The average molecular weight is 112 g/mol. The van der Waals surface area contributed by atoms with Gasteiger partial charge in [0.1, 0.15) is 0 Å². The first-order chi connectivity index (χ1) is 2.91. The maximum atomic E-state index is 5.11. The second-order valence-electron chi connectivity index (χ2n) is 0.995. The zero-order valence-corrected chi connectivity index (χ0v) is 4.37. The van der Waals surface area contributed by atoms with Crippen LogP contribution < -0.4 is 5.73 Å². The van der Waals surface area contributed by atoms with Gasteiger partial charge in [-0.3, -0.25) is 0 Å². The van der Waals surface area contributed by atoms with Gasteiger partial charge in [-0.1, -0.05) is 0 Å². The summed E-state index contributed by atoms with van der Waals surface area (Å²) in [5.74, 6) is 0. The van der Waals surface area contributed by atoms with E-state index < -0.39 is 0 Å². The van der Waals surface area contributed by atoms with Gasteiger partial charge in [-0.15, -0.1) is 0 Å². The van der Waals surface area contributed by atoms with Crippen molar-refractivity contribution in [3.63, 3.8) is 0 Å². The van der Waals surface area contributed by atoms with Crippen molar-refractivity contribution >= 4 is 31.3 Å². The summed E-state index contributed by atoms with van der Waals surface area (Å²) in [6.07, 6.45) is 0.920. The van der Waals surface area contributed by atoms with Crippen molar-refractivity contribution in [1.29, 1.82) is 0 Å². The molecule has 0 aromatic heterocycles. The van der Waals surface area contributed by atoms with Gasteiger partial charge in [0.05, 0.1) is 6.54 Å². The molecular weight excluding hydrogens is 103 g/mol. The van der Waals surface area contributed by atoms with Gasteiger partial charge in [0, 0.05) is 12.4 Å². The summed E-state index contributed by atoms with van der Waals surface area (Å²) in [6, 6.07) is 0. The Morgan fingerprint density at radius 3 is 2.29 bits per heavy atom. The molecule has 0 radical (unpaired) electrons. The topological polar surface area (TPSA) is 38.4 Å². The van der Waals surface area contributed by atoms with E-state index in [-0.39, 0.29) is 18.9 Å². The van der Waals surface area contributed by atoms with Gasteiger partial charge >= 0.3 is 18.9 Å². The van der Waals surface area contributed by atoms with Crippen LogP contribution >= 0.6 is 0 Å². The first kappa shape index (κ1) is 10.5. The van der Waals surface area contributed by atoms with Crippen molar-refractivity contribution in [2.45, 2.75) is 6.42 Å². The molecule has 7 heavy (non-hydrogen) atoms. The van der Waals surface area contributed by atoms with Gasteiger partial charge < -0.3 is 5.73 Å². The monoisotopic (exact) mass is 112 g/mol. The van der Waals surface area contributed by atoms with E-state index >= 15 is 0 Å². The molecule has 0 aliphatic rings. The predicted octanol–water partition coefficient (Wildman–Crippen LogP) is -0.583. The molecule has 0 heterocycles. The molecule has 4 heteroatoms. The molecule has 2 N–H and O–H groups in total. The summed E-state index contributed by atoms with van der Waals surface area (Å²) in [4.78, 5) is 0. The van der Waals surface area contributed by atoms with Gasteiger partial charge in [-0.05, 0) is 13.0 Å². The molecule has 38 valence electrons. The Kier molecular flexibility index (Phi) is 14.7. The fourth-order valence-electron chi connectivity index (χ4n) is 0.156. The molecule has 0 bridgehead atoms. The van der Waals surface area contributed by atoms with Crippen LogP contribution in [0.1, 0.15) is 6.42 Å². The van der Waals surface area contributed by atoms with Crippen molar-refractivity contribution in [2.24, 2.45) is 10.1 Å². The Hall–Kier alpha value is 0.577. The van der Waals surface area contributed by atoms with Crippen LogP contribution in [-0.2, 0) is 12.4 Å². The molecule has 0 aliphatic carbocycles. The molecule has 0 unspecified atom stereocenters. The predicted molar refractivity (Wildman–Crippen MR) is 35.5 cm³/mol. The van der Waals surface area contributed by atoms with E-state index in [2.05, 4.69) is 16.8 Å². The fourth-order valence-corrected chi connectivity index (χ4v) is 0.285. The van der Waals surface area contributed by atoms with Gasteiger partial charge in [-0.2, -0.15) is 0 Å². The molecule has 0 atom stereocenters. The fraction of sp³-hybridized carbons (Fsp3) is 1.00. The van der Waals surface area contributed by atoms with Crippen LogP contribution in [0.15, 0.2) is 4.36 Å². The van der Waals surface area contributed by atoms with Crippen LogP contribution in [0.25, 0.3) is 0 Å². The Bertz CT molecular complexity index is 41.9. The van der Waals surface area contributed by atoms with Crippen molar-refractivity contribution in [1.82, 2.24) is 0 Å². The Balaban J connectivity index is 0. The molecule has 0 aromatic carbocycles. The number of nitrogens with two attached hydrogens (primary N) is 1. The number of hydrogen-bond donors (Lipinski definition) is 1. The van der Waals surface area contributed by atoms with E-state index in [0.717, 1.165) is 13.0 Å². The summed E-state index contributed by atoms with van der Waals surface area (Å²) in [5.41, 5.74) is 5.11. The van der Waals surface area contributed by atoms with Crippen LogP contribution in [0.5, 0.6) is 0 Å². The van der Waals surface area contributed by atoms with Crippen LogP contribution in [0.4, 0.5) is 0 Å². The molecular formula is C3H9LiN2S. The molecule has 2 nitrogen and oxygen atoms in total. The SMILES string of the molecule is NCCCN=S.[LiH]. The zero-order valence-electron chi connectivity index (χ0n) is 3.55. The number of nitrogens with zero attached hydrogens (tertiary/aromatic N) is 1. The second kappa shape index (κ2) is 9.77. The van der Waals surface area contributed by atoms with Crippen molar-refractivity contribution < 1.29 is 0 Å². The van der Waals surface area contributed by atoms with Crippen LogP contribution in [0.2, 0.25) is 0 Å². The van der Waals surface area contributed by atoms with Crippen LogP contribution in [-0.4, -0.2) is 32.0 Å². The Labute approximate surface area is 61.2 Å². The standard InChI is InChI=1S/C3H8N2S.Li.H/c4-2-1-3-5-6;;/h1-4H2;;. The van der Waals surface area contributed by atoms with Crippen LogP contribution in [0, 0.1) is 0 Å². The van der Waals surface area contributed by atoms with Gasteiger partial charge in [0.25, 0.3) is 0 Å². The minimum atomic E-state index is 0. The molecule has 0 saturated carbocycles. The molecule has 0 saturated heterocycles. The summed E-state index contributed by atoms with van der Waals surface area (Å²) in [6.45, 7) is 1.42. The second-order valence-corrected chi connectivity index (χ2v) is 1.25. The Morgan fingerprint density at radius 1 is 1.57 bits per heavy atom. The molecule has 0 aromatic rings. The first-order valence-electron chi connectivity index (χ1n) is 1.91. The summed E-state index contributed by atoms with van der Waals surface area (Å²) in [5, 5.41) is 0. The third kappa shape index (κ3) is 10.8. The van der Waals surface area contributed by atoms with Crippen LogP contribution in [0.3, 0.4) is 0 Å². The summed E-state index contributed by atoms with van der Waals surface area (Å²) in [7, 11) is 0. The van der Waals surface area contributed by atoms with E-state index in [4.69, 9.17) is 5.73 Å². The van der Waals surface area contributed by atoms with Crippen molar-refractivity contribution in [2.75, 3.05) is 13.1 Å². The van der Waals surface area contributed by atoms with Gasteiger partial charge in [0.15, 0.2) is 0 Å². The van der Waals surface area contributed by atoms with Gasteiger partial charge in [-0.25, -0.2) is 4.36 Å². The van der Waals surface area contributed by atoms with Crippen molar-refractivity contribution in [3.05, 3.63) is 0 Å². The third-order valence-corrected chi connectivity index (χ3v) is 0.636. The summed E-state index contributed by atoms with van der Waals surface area (Å²) < 4.78 is 3.43. The normalized spacial score (nSPS) is 7.00. The minimum absolute atomic E-state index is 0. The molecule has 0 spiro atoms. The van der Waals surface area contributed by atoms with E-state index in [1.54, 1.807) is 0 Å². The zero-order chi connectivity index (χ0) is 4.83. The molecule has 0 fully saturated rings. The van der Waals surface area contributed by atoms with E-state index in [9.17, 15) is 0 Å². The number of rotatable bonds is 3. The molecule has 0 amide bonds. The Morgan fingerprint density at radius 2 is 2.14 bits per heavy atom. The quantitative estimate of drug-likeness (QED) is 0.391. The molecule has 0 rings (SSSR count). The number of hydrogen-bond acceptors (Lipinski definition) is 3. The van der Waals surface area contributed by atoms with E-state index in [0.29, 0.717) is 6.54 Å². The average Bonchev–Trinajstić information content (AvgIpc) is 1.61. The van der Waals surface area contributed by atoms with E-state index in [1.807, 2.05) is 0 Å². The maximum absolute atomic E-state index is 5.11. The molecule has 0 aliphatic heterocycles. The van der Waals surface area contributed by atoms with E-state index in [1.165, 1.54) is 0 Å². The first-order valence-corrected chi connectivity index (χ1v) is 2.27. The van der Waals surface area contributed by atoms with Gasteiger partial charge in [0.2, 0.25) is 0 Å². The van der Waals surface area contributed by atoms with Crippen molar-refractivity contribution in [3.8, 4) is 0 Å². The third-order valence-electron chi connectivity index (χ3n) is 0.454.